The predicted octanol–water partition coefficient (Wildman–Crippen LogP) is 1.83. The minimum Gasteiger partial charge on any atom is -0.352 e. The van der Waals surface area contributed by atoms with Crippen molar-refractivity contribution in [2.45, 2.75) is 46.0 Å². The second kappa shape index (κ2) is 8.26. The maximum atomic E-state index is 11.2. The van der Waals surface area contributed by atoms with Crippen molar-refractivity contribution < 1.29 is 9.59 Å². The Balaban J connectivity index is 3.18. The molecule has 0 radical (unpaired) electrons. The topological polar surface area (TPSA) is 72.2 Å². The summed E-state index contributed by atoms with van der Waals surface area (Å²) < 4.78 is 0. The van der Waals surface area contributed by atoms with E-state index in [1.807, 2.05) is 13.8 Å². The van der Waals surface area contributed by atoms with Gasteiger partial charge in [-0.15, -0.1) is 0 Å². The molecule has 0 aromatic heterocycles. The Kier molecular flexibility index (Phi) is 7.68. The Labute approximate surface area is 91.6 Å². The molecule has 0 bridgehead atoms. The molecular formula is C11H22N2O2. The maximum Gasteiger partial charge on any atom is 0.312 e. The minimum absolute atomic E-state index is 0.154. The van der Waals surface area contributed by atoms with Gasteiger partial charge in [0.05, 0.1) is 0 Å². The van der Waals surface area contributed by atoms with Crippen LogP contribution >= 0.6 is 0 Å². The van der Waals surface area contributed by atoms with Crippen molar-refractivity contribution in [1.29, 1.82) is 0 Å². The molecule has 0 aliphatic heterocycles. The molecule has 88 valence electrons. The number of unbranched alkanes of at least 4 members (excludes halogenated alkanes) is 3. The predicted molar refractivity (Wildman–Crippen MR) is 60.5 cm³/mol. The summed E-state index contributed by atoms with van der Waals surface area (Å²) in [4.78, 5) is 21.6. The van der Waals surface area contributed by atoms with E-state index in [1.54, 1.807) is 0 Å². The van der Waals surface area contributed by atoms with Gasteiger partial charge in [-0.3, -0.25) is 4.79 Å². The van der Waals surface area contributed by atoms with Gasteiger partial charge in [-0.1, -0.05) is 26.7 Å². The highest BCUT2D eigenvalue weighted by atomic mass is 16.2. The Hall–Kier alpha value is -1.06. The summed E-state index contributed by atoms with van der Waals surface area (Å²) in [5.41, 5.74) is 4.91. The number of rotatable bonds is 8. The van der Waals surface area contributed by atoms with E-state index in [1.165, 1.54) is 0 Å². The molecule has 0 aromatic carbocycles. The molecule has 0 aromatic rings. The van der Waals surface area contributed by atoms with Gasteiger partial charge in [-0.05, 0) is 12.8 Å². The molecule has 0 fully saturated rings. The molecule has 0 rings (SSSR count). The fraction of sp³-hybridized carbons (Fsp3) is 0.818. The first kappa shape index (κ1) is 13.9. The molecule has 0 saturated heterocycles. The smallest absolute Gasteiger partial charge is 0.312 e. The lowest BCUT2D eigenvalue weighted by Crippen LogP contribution is -2.29. The highest BCUT2D eigenvalue weighted by Gasteiger charge is 2.05. The summed E-state index contributed by atoms with van der Waals surface area (Å²) >= 11 is 0. The molecule has 0 aliphatic carbocycles. The zero-order chi connectivity index (χ0) is 11.7. The highest BCUT2D eigenvalue weighted by molar-refractivity contribution is 5.80. The molecule has 3 N–H and O–H groups in total. The first-order valence-electron chi connectivity index (χ1n) is 5.60. The third-order valence-electron chi connectivity index (χ3n) is 2.29. The monoisotopic (exact) mass is 214 g/mol. The van der Waals surface area contributed by atoms with Crippen LogP contribution in [0.3, 0.4) is 0 Å². The van der Waals surface area contributed by atoms with Crippen molar-refractivity contribution >= 4 is 11.8 Å². The van der Waals surface area contributed by atoms with Crippen LogP contribution in [0.2, 0.25) is 0 Å². The van der Waals surface area contributed by atoms with Gasteiger partial charge in [0, 0.05) is 18.9 Å². The van der Waals surface area contributed by atoms with Gasteiger partial charge in [-0.2, -0.15) is 0 Å². The van der Waals surface area contributed by atoms with E-state index in [-0.39, 0.29) is 5.92 Å². The molecular weight excluding hydrogens is 192 g/mol. The molecule has 0 saturated carbocycles. The fourth-order valence-corrected chi connectivity index (χ4v) is 1.28. The third kappa shape index (κ3) is 9.25. The molecule has 0 unspecified atom stereocenters. The largest absolute Gasteiger partial charge is 0.352 e. The van der Waals surface area contributed by atoms with Crippen molar-refractivity contribution in [3.8, 4) is 0 Å². The Morgan fingerprint density at radius 1 is 1.13 bits per heavy atom. The molecule has 0 atom stereocenters. The third-order valence-corrected chi connectivity index (χ3v) is 2.29. The van der Waals surface area contributed by atoms with Gasteiger partial charge >= 0.3 is 6.03 Å². The van der Waals surface area contributed by atoms with E-state index < -0.39 is 6.03 Å². The summed E-state index contributed by atoms with van der Waals surface area (Å²) in [5.74, 6) is 0.492. The minimum atomic E-state index is -0.468. The molecule has 2 amide bonds. The number of Topliss-reactive ketones (excluding diaryl/α,β-unsaturated/α-hetero) is 1. The SMILES string of the molecule is CC(C)C(=O)CCCCCCNC(N)=O. The first-order valence-corrected chi connectivity index (χ1v) is 5.60. The van der Waals surface area contributed by atoms with Crippen LogP contribution in [0.25, 0.3) is 0 Å². The van der Waals surface area contributed by atoms with Gasteiger partial charge in [0.15, 0.2) is 0 Å². The molecule has 0 aliphatic rings. The van der Waals surface area contributed by atoms with E-state index in [4.69, 9.17) is 5.73 Å². The Morgan fingerprint density at radius 3 is 2.27 bits per heavy atom. The number of primary amides is 1. The van der Waals surface area contributed by atoms with Crippen LogP contribution in [0.1, 0.15) is 46.0 Å². The average molecular weight is 214 g/mol. The number of carbonyl (C=O) groups excluding carboxylic acids is 2. The van der Waals surface area contributed by atoms with Crippen molar-refractivity contribution in [1.82, 2.24) is 5.32 Å². The van der Waals surface area contributed by atoms with Gasteiger partial charge in [0.2, 0.25) is 0 Å². The molecule has 0 spiro atoms. The Bertz CT molecular complexity index is 203. The van der Waals surface area contributed by atoms with E-state index >= 15 is 0 Å². The zero-order valence-corrected chi connectivity index (χ0v) is 9.71. The molecule has 4 nitrogen and oxygen atoms in total. The lowest BCUT2D eigenvalue weighted by atomic mass is 10.0. The summed E-state index contributed by atoms with van der Waals surface area (Å²) in [7, 11) is 0. The number of carbonyl (C=O) groups is 2. The summed E-state index contributed by atoms with van der Waals surface area (Å²) in [6, 6.07) is -0.468. The van der Waals surface area contributed by atoms with Crippen LogP contribution in [-0.2, 0) is 4.79 Å². The van der Waals surface area contributed by atoms with Crippen molar-refractivity contribution in [3.05, 3.63) is 0 Å². The van der Waals surface area contributed by atoms with Crippen molar-refractivity contribution in [2.24, 2.45) is 11.7 Å². The van der Waals surface area contributed by atoms with Gasteiger partial charge in [-0.25, -0.2) is 4.79 Å². The van der Waals surface area contributed by atoms with Crippen LogP contribution in [0.15, 0.2) is 0 Å². The van der Waals surface area contributed by atoms with E-state index in [2.05, 4.69) is 5.32 Å². The second-order valence-corrected chi connectivity index (χ2v) is 4.08. The summed E-state index contributed by atoms with van der Waals surface area (Å²) in [6.07, 6.45) is 4.64. The van der Waals surface area contributed by atoms with Gasteiger partial charge < -0.3 is 11.1 Å². The molecule has 0 heterocycles. The van der Waals surface area contributed by atoms with Crippen molar-refractivity contribution in [2.75, 3.05) is 6.54 Å². The quantitative estimate of drug-likeness (QED) is 0.605. The number of urea groups is 1. The molecule has 15 heavy (non-hydrogen) atoms. The highest BCUT2D eigenvalue weighted by Crippen LogP contribution is 2.07. The summed E-state index contributed by atoms with van der Waals surface area (Å²) in [5, 5.41) is 2.54. The zero-order valence-electron chi connectivity index (χ0n) is 9.71. The van der Waals surface area contributed by atoms with Crippen molar-refractivity contribution in [3.63, 3.8) is 0 Å². The normalized spacial score (nSPS) is 10.3. The van der Waals surface area contributed by atoms with E-state index in [0.29, 0.717) is 18.7 Å². The van der Waals surface area contributed by atoms with E-state index in [0.717, 1.165) is 25.7 Å². The number of nitrogens with two attached hydrogens (primary N) is 1. The van der Waals surface area contributed by atoms with Gasteiger partial charge in [0.25, 0.3) is 0 Å². The van der Waals surface area contributed by atoms with Crippen LogP contribution < -0.4 is 11.1 Å². The number of hydrogen-bond donors (Lipinski definition) is 2. The van der Waals surface area contributed by atoms with Gasteiger partial charge in [0.1, 0.15) is 5.78 Å². The molecule has 4 heteroatoms. The first-order chi connectivity index (χ1) is 7.04. The second-order valence-electron chi connectivity index (χ2n) is 4.08. The average Bonchev–Trinajstić information content (AvgIpc) is 2.15. The van der Waals surface area contributed by atoms with Crippen LogP contribution in [0.4, 0.5) is 4.79 Å². The Morgan fingerprint density at radius 2 is 1.73 bits per heavy atom. The van der Waals surface area contributed by atoms with Crippen LogP contribution in [0.5, 0.6) is 0 Å². The lowest BCUT2D eigenvalue weighted by Gasteiger charge is -2.04. The number of ketones is 1. The number of hydrogen-bond acceptors (Lipinski definition) is 2. The van der Waals surface area contributed by atoms with Crippen LogP contribution in [0, 0.1) is 5.92 Å². The van der Waals surface area contributed by atoms with Crippen LogP contribution in [-0.4, -0.2) is 18.4 Å². The summed E-state index contributed by atoms with van der Waals surface area (Å²) in [6.45, 7) is 4.49. The number of nitrogens with one attached hydrogen (secondary N) is 1. The standard InChI is InChI=1S/C11H22N2O2/c1-9(2)10(14)7-5-3-4-6-8-13-11(12)15/h9H,3-8H2,1-2H3,(H3,12,13,15). The lowest BCUT2D eigenvalue weighted by molar-refractivity contribution is -0.122. The maximum absolute atomic E-state index is 11.2. The number of amides is 2. The fourth-order valence-electron chi connectivity index (χ4n) is 1.28. The van der Waals surface area contributed by atoms with E-state index in [9.17, 15) is 9.59 Å².